The second-order valence-electron chi connectivity index (χ2n) is 6.50. The fraction of sp³-hybridized carbons (Fsp3) is 0.611. The number of carbonyl (C=O) groups excluding carboxylic acids is 1. The normalized spacial score (nSPS) is 20.8. The van der Waals surface area contributed by atoms with Crippen LogP contribution in [0.3, 0.4) is 0 Å². The van der Waals surface area contributed by atoms with Crippen molar-refractivity contribution in [1.82, 2.24) is 10.2 Å². The third-order valence-corrected chi connectivity index (χ3v) is 4.79. The lowest BCUT2D eigenvalue weighted by Gasteiger charge is -2.36. The van der Waals surface area contributed by atoms with Crippen LogP contribution in [-0.2, 0) is 17.8 Å². The van der Waals surface area contributed by atoms with Crippen LogP contribution in [0.15, 0.2) is 18.2 Å². The minimum atomic E-state index is 0.0627. The number of carbonyl (C=O) groups is 1. The first-order chi connectivity index (χ1) is 11.3. The van der Waals surface area contributed by atoms with E-state index in [1.54, 1.807) is 0 Å². The molecule has 0 spiro atoms. The van der Waals surface area contributed by atoms with Crippen molar-refractivity contribution in [3.05, 3.63) is 29.3 Å². The van der Waals surface area contributed by atoms with Crippen LogP contribution < -0.4 is 15.8 Å². The van der Waals surface area contributed by atoms with Gasteiger partial charge in [0, 0.05) is 38.5 Å². The second-order valence-corrected chi connectivity index (χ2v) is 6.50. The van der Waals surface area contributed by atoms with E-state index in [0.29, 0.717) is 19.0 Å². The molecule has 1 amide bonds. The van der Waals surface area contributed by atoms with Crippen molar-refractivity contribution in [3.63, 3.8) is 0 Å². The predicted octanol–water partition coefficient (Wildman–Crippen LogP) is 1.44. The molecule has 5 heteroatoms. The number of hydrogen-bond donors (Lipinski definition) is 2. The standard InChI is InChI=1S/C18H27N3O2/c19-8-6-18(22)20-12-16-3-1-2-9-21(16)13-14-4-5-17-15(11-14)7-10-23-17/h4-5,11,16H,1-3,6-10,12-13,19H2,(H,20,22). The van der Waals surface area contributed by atoms with E-state index in [2.05, 4.69) is 28.4 Å². The van der Waals surface area contributed by atoms with Gasteiger partial charge in [0.15, 0.2) is 0 Å². The van der Waals surface area contributed by atoms with Crippen molar-refractivity contribution in [3.8, 4) is 5.75 Å². The van der Waals surface area contributed by atoms with Crippen LogP contribution in [-0.4, -0.2) is 43.1 Å². The first kappa shape index (κ1) is 16.3. The molecule has 1 aromatic carbocycles. The highest BCUT2D eigenvalue weighted by atomic mass is 16.5. The van der Waals surface area contributed by atoms with Gasteiger partial charge in [0.05, 0.1) is 6.61 Å². The van der Waals surface area contributed by atoms with Gasteiger partial charge in [-0.2, -0.15) is 0 Å². The van der Waals surface area contributed by atoms with Crippen molar-refractivity contribution < 1.29 is 9.53 Å². The summed E-state index contributed by atoms with van der Waals surface area (Å²) in [6, 6.07) is 6.97. The number of nitrogens with zero attached hydrogens (tertiary/aromatic N) is 1. The topological polar surface area (TPSA) is 67.6 Å². The second kappa shape index (κ2) is 7.79. The highest BCUT2D eigenvalue weighted by molar-refractivity contribution is 5.76. The molecule has 1 saturated heterocycles. The fourth-order valence-electron chi connectivity index (χ4n) is 3.52. The van der Waals surface area contributed by atoms with Gasteiger partial charge in [0.1, 0.15) is 5.75 Å². The number of likely N-dealkylation sites (tertiary alicyclic amines) is 1. The highest BCUT2D eigenvalue weighted by Gasteiger charge is 2.23. The molecule has 0 radical (unpaired) electrons. The van der Waals surface area contributed by atoms with E-state index in [-0.39, 0.29) is 5.91 Å². The number of nitrogens with two attached hydrogens (primary N) is 1. The van der Waals surface area contributed by atoms with E-state index in [0.717, 1.165) is 44.8 Å². The number of fused-ring (bicyclic) bond motifs is 1. The summed E-state index contributed by atoms with van der Waals surface area (Å²) in [6.07, 6.45) is 5.06. The number of piperidine rings is 1. The first-order valence-electron chi connectivity index (χ1n) is 8.71. The molecule has 0 aromatic heterocycles. The maximum Gasteiger partial charge on any atom is 0.221 e. The van der Waals surface area contributed by atoms with Gasteiger partial charge in [0.25, 0.3) is 0 Å². The third kappa shape index (κ3) is 4.24. The Balaban J connectivity index is 1.59. The molecule has 2 heterocycles. The monoisotopic (exact) mass is 317 g/mol. The maximum absolute atomic E-state index is 11.7. The third-order valence-electron chi connectivity index (χ3n) is 4.79. The average Bonchev–Trinajstić information content (AvgIpc) is 3.02. The smallest absolute Gasteiger partial charge is 0.221 e. The lowest BCUT2D eigenvalue weighted by molar-refractivity contribution is -0.121. The Labute approximate surface area is 138 Å². The summed E-state index contributed by atoms with van der Waals surface area (Å²) in [5.41, 5.74) is 8.10. The summed E-state index contributed by atoms with van der Waals surface area (Å²) in [5.74, 6) is 1.10. The summed E-state index contributed by atoms with van der Waals surface area (Å²) >= 11 is 0. The Morgan fingerprint density at radius 3 is 3.17 bits per heavy atom. The molecule has 1 fully saturated rings. The quantitative estimate of drug-likeness (QED) is 0.833. The molecule has 0 saturated carbocycles. The molecule has 126 valence electrons. The number of nitrogens with one attached hydrogen (secondary N) is 1. The van der Waals surface area contributed by atoms with Crippen LogP contribution in [0, 0.1) is 0 Å². The molecule has 1 aromatic rings. The number of ether oxygens (including phenoxy) is 1. The summed E-state index contributed by atoms with van der Waals surface area (Å²) < 4.78 is 5.58. The fourth-order valence-corrected chi connectivity index (χ4v) is 3.52. The molecule has 1 unspecified atom stereocenters. The lowest BCUT2D eigenvalue weighted by Crippen LogP contribution is -2.46. The highest BCUT2D eigenvalue weighted by Crippen LogP contribution is 2.27. The maximum atomic E-state index is 11.7. The Kier molecular flexibility index (Phi) is 5.51. The first-order valence-corrected chi connectivity index (χ1v) is 8.71. The summed E-state index contributed by atoms with van der Waals surface area (Å²) in [5, 5.41) is 3.03. The Morgan fingerprint density at radius 2 is 2.30 bits per heavy atom. The van der Waals surface area contributed by atoms with E-state index in [9.17, 15) is 4.79 Å². The zero-order valence-corrected chi connectivity index (χ0v) is 13.7. The molecule has 2 aliphatic heterocycles. The average molecular weight is 317 g/mol. The van der Waals surface area contributed by atoms with E-state index < -0.39 is 0 Å². The van der Waals surface area contributed by atoms with Crippen molar-refractivity contribution in [2.45, 2.75) is 44.7 Å². The summed E-state index contributed by atoms with van der Waals surface area (Å²) in [4.78, 5) is 14.2. The molecule has 23 heavy (non-hydrogen) atoms. The van der Waals surface area contributed by atoms with Crippen LogP contribution in [0.2, 0.25) is 0 Å². The van der Waals surface area contributed by atoms with Crippen LogP contribution in [0.5, 0.6) is 5.75 Å². The number of hydrogen-bond acceptors (Lipinski definition) is 4. The molecule has 1 atom stereocenters. The Morgan fingerprint density at radius 1 is 1.39 bits per heavy atom. The zero-order valence-electron chi connectivity index (χ0n) is 13.7. The van der Waals surface area contributed by atoms with Crippen LogP contribution >= 0.6 is 0 Å². The largest absolute Gasteiger partial charge is 0.493 e. The van der Waals surface area contributed by atoms with E-state index >= 15 is 0 Å². The molecular formula is C18H27N3O2. The van der Waals surface area contributed by atoms with Gasteiger partial charge in [-0.1, -0.05) is 18.6 Å². The van der Waals surface area contributed by atoms with Gasteiger partial charge in [-0.05, 0) is 36.6 Å². The summed E-state index contributed by atoms with van der Waals surface area (Å²) in [6.45, 7) is 4.00. The molecule has 5 nitrogen and oxygen atoms in total. The van der Waals surface area contributed by atoms with Gasteiger partial charge < -0.3 is 15.8 Å². The molecule has 3 rings (SSSR count). The van der Waals surface area contributed by atoms with Crippen molar-refractivity contribution in [2.24, 2.45) is 5.73 Å². The van der Waals surface area contributed by atoms with Crippen LogP contribution in [0.4, 0.5) is 0 Å². The van der Waals surface area contributed by atoms with Gasteiger partial charge in [-0.15, -0.1) is 0 Å². The summed E-state index contributed by atoms with van der Waals surface area (Å²) in [7, 11) is 0. The van der Waals surface area contributed by atoms with Gasteiger partial charge in [-0.25, -0.2) is 0 Å². The van der Waals surface area contributed by atoms with Crippen LogP contribution in [0.1, 0.15) is 36.8 Å². The molecule has 3 N–H and O–H groups in total. The van der Waals surface area contributed by atoms with E-state index in [1.807, 2.05) is 0 Å². The number of amides is 1. The van der Waals surface area contributed by atoms with E-state index in [4.69, 9.17) is 10.5 Å². The van der Waals surface area contributed by atoms with Crippen molar-refractivity contribution >= 4 is 5.91 Å². The molecular weight excluding hydrogens is 290 g/mol. The van der Waals surface area contributed by atoms with Crippen LogP contribution in [0.25, 0.3) is 0 Å². The minimum absolute atomic E-state index is 0.0627. The Bertz CT molecular complexity index is 547. The Hall–Kier alpha value is -1.59. The SMILES string of the molecule is NCCC(=O)NCC1CCCCN1Cc1ccc2c(c1)CCO2. The predicted molar refractivity (Wildman–Crippen MR) is 90.4 cm³/mol. The lowest BCUT2D eigenvalue weighted by atomic mass is 10.00. The van der Waals surface area contributed by atoms with Crippen molar-refractivity contribution in [1.29, 1.82) is 0 Å². The van der Waals surface area contributed by atoms with Gasteiger partial charge in [0.2, 0.25) is 5.91 Å². The van der Waals surface area contributed by atoms with Gasteiger partial charge in [-0.3, -0.25) is 9.69 Å². The van der Waals surface area contributed by atoms with Gasteiger partial charge >= 0.3 is 0 Å². The molecule has 0 bridgehead atoms. The minimum Gasteiger partial charge on any atom is -0.493 e. The molecule has 2 aliphatic rings. The number of benzene rings is 1. The zero-order chi connectivity index (χ0) is 16.1. The van der Waals surface area contributed by atoms with Crippen molar-refractivity contribution in [2.75, 3.05) is 26.2 Å². The van der Waals surface area contributed by atoms with E-state index in [1.165, 1.54) is 24.0 Å². The molecule has 0 aliphatic carbocycles. The number of rotatable bonds is 6.